The van der Waals surface area contributed by atoms with Crippen molar-refractivity contribution in [1.29, 1.82) is 0 Å². The summed E-state index contributed by atoms with van der Waals surface area (Å²) >= 11 is 2.28. The minimum Gasteiger partial charge on any atom is -0.364 e. The summed E-state index contributed by atoms with van der Waals surface area (Å²) in [6.45, 7) is 8.06. The first-order chi connectivity index (χ1) is 21.5. The average Bonchev–Trinajstić information content (AvgIpc) is 3.53. The van der Waals surface area contributed by atoms with E-state index in [1.807, 2.05) is 56.6 Å². The molecule has 8 nitrogen and oxygen atoms in total. The summed E-state index contributed by atoms with van der Waals surface area (Å²) in [5, 5.41) is 6.16. The predicted molar refractivity (Wildman–Crippen MR) is 180 cm³/mol. The smallest absolute Gasteiger partial charge is 0.364 e. The van der Waals surface area contributed by atoms with E-state index in [9.17, 15) is 13.2 Å². The van der Waals surface area contributed by atoms with Crippen LogP contribution in [0.5, 0.6) is 0 Å². The Hall–Kier alpha value is -4.72. The SMILES string of the molecule is Cc1c[nH]c(C)c1-c1ccnc(Nc2ccc(C(F)(F)F)cc2)n1.Cc1c[nH]c(C)c1-c1ccnc(Nc2ccc(I)cc2)n1. The molecule has 0 saturated heterocycles. The van der Waals surface area contributed by atoms with Gasteiger partial charge in [0.2, 0.25) is 11.9 Å². The molecule has 0 aliphatic heterocycles. The lowest BCUT2D eigenvalue weighted by Gasteiger charge is -2.09. The minimum absolute atomic E-state index is 0.326. The lowest BCUT2D eigenvalue weighted by Crippen LogP contribution is -2.05. The largest absolute Gasteiger partial charge is 0.416 e. The fourth-order valence-electron chi connectivity index (χ4n) is 4.75. The van der Waals surface area contributed by atoms with Gasteiger partial charge in [0.1, 0.15) is 0 Å². The van der Waals surface area contributed by atoms with Crippen LogP contribution in [-0.4, -0.2) is 29.9 Å². The average molecular weight is 723 g/mol. The number of nitrogens with one attached hydrogen (secondary N) is 4. The van der Waals surface area contributed by atoms with E-state index in [2.05, 4.69) is 77.0 Å². The van der Waals surface area contributed by atoms with Gasteiger partial charge >= 0.3 is 6.18 Å². The third-order valence-electron chi connectivity index (χ3n) is 6.94. The fraction of sp³-hybridized carbons (Fsp3) is 0.152. The molecular weight excluding hydrogens is 692 g/mol. The highest BCUT2D eigenvalue weighted by molar-refractivity contribution is 14.1. The Morgan fingerprint density at radius 1 is 0.622 bits per heavy atom. The van der Waals surface area contributed by atoms with Gasteiger partial charge in [-0.3, -0.25) is 0 Å². The number of anilines is 4. The maximum atomic E-state index is 12.6. The lowest BCUT2D eigenvalue weighted by molar-refractivity contribution is -0.137. The molecule has 12 heteroatoms. The summed E-state index contributed by atoms with van der Waals surface area (Å²) < 4.78 is 39.0. The van der Waals surface area contributed by atoms with Crippen LogP contribution < -0.4 is 10.6 Å². The van der Waals surface area contributed by atoms with Crippen LogP contribution in [0.1, 0.15) is 28.1 Å². The summed E-state index contributed by atoms with van der Waals surface area (Å²) in [6, 6.07) is 16.6. The van der Waals surface area contributed by atoms with Gasteiger partial charge in [0.25, 0.3) is 0 Å². The van der Waals surface area contributed by atoms with Gasteiger partial charge < -0.3 is 20.6 Å². The number of H-pyrrole nitrogens is 2. The molecule has 0 amide bonds. The fourth-order valence-corrected chi connectivity index (χ4v) is 5.11. The number of halogens is 4. The van der Waals surface area contributed by atoms with Crippen molar-refractivity contribution in [3.05, 3.63) is 117 Å². The van der Waals surface area contributed by atoms with Crippen molar-refractivity contribution in [3.8, 4) is 22.5 Å². The number of alkyl halides is 3. The van der Waals surface area contributed by atoms with Gasteiger partial charge in [-0.05, 0) is 122 Å². The van der Waals surface area contributed by atoms with Gasteiger partial charge in [0.15, 0.2) is 0 Å². The van der Waals surface area contributed by atoms with Crippen LogP contribution >= 0.6 is 22.6 Å². The Balaban J connectivity index is 0.000000179. The van der Waals surface area contributed by atoms with Crippen molar-refractivity contribution in [1.82, 2.24) is 29.9 Å². The quantitative estimate of drug-likeness (QED) is 0.128. The number of nitrogens with zero attached hydrogens (tertiary/aromatic N) is 4. The van der Waals surface area contributed by atoms with E-state index in [0.29, 0.717) is 17.6 Å². The van der Waals surface area contributed by atoms with Crippen LogP contribution in [-0.2, 0) is 6.18 Å². The van der Waals surface area contributed by atoms with Gasteiger partial charge in [-0.25, -0.2) is 19.9 Å². The summed E-state index contributed by atoms with van der Waals surface area (Å²) in [7, 11) is 0. The number of hydrogen-bond donors (Lipinski definition) is 4. The lowest BCUT2D eigenvalue weighted by atomic mass is 10.1. The van der Waals surface area contributed by atoms with Crippen molar-refractivity contribution in [2.45, 2.75) is 33.9 Å². The van der Waals surface area contributed by atoms with Crippen molar-refractivity contribution in [2.24, 2.45) is 0 Å². The molecule has 0 fully saturated rings. The van der Waals surface area contributed by atoms with E-state index in [1.54, 1.807) is 18.5 Å². The number of aromatic amines is 2. The molecule has 0 atom stereocenters. The van der Waals surface area contributed by atoms with Crippen LogP contribution in [0.3, 0.4) is 0 Å². The highest BCUT2D eigenvalue weighted by Gasteiger charge is 2.30. The number of aromatic nitrogens is 6. The molecule has 0 radical (unpaired) electrons. The monoisotopic (exact) mass is 722 g/mol. The molecular formula is C33H30F3IN8. The molecule has 4 N–H and O–H groups in total. The maximum Gasteiger partial charge on any atom is 0.416 e. The zero-order valence-electron chi connectivity index (χ0n) is 24.9. The second kappa shape index (κ2) is 13.5. The van der Waals surface area contributed by atoms with Gasteiger partial charge in [0.05, 0.1) is 17.0 Å². The molecule has 0 saturated carbocycles. The molecule has 2 aromatic carbocycles. The van der Waals surface area contributed by atoms with Crippen molar-refractivity contribution >= 4 is 45.9 Å². The normalized spacial score (nSPS) is 11.1. The Kier molecular flexibility index (Phi) is 9.51. The zero-order valence-corrected chi connectivity index (χ0v) is 27.0. The van der Waals surface area contributed by atoms with Crippen molar-refractivity contribution in [2.75, 3.05) is 10.6 Å². The van der Waals surface area contributed by atoms with Crippen LogP contribution in [0.15, 0.2) is 85.5 Å². The highest BCUT2D eigenvalue weighted by Crippen LogP contribution is 2.31. The van der Waals surface area contributed by atoms with Gasteiger partial charge in [-0.15, -0.1) is 0 Å². The summed E-state index contributed by atoms with van der Waals surface area (Å²) in [5.41, 5.74) is 8.94. The summed E-state index contributed by atoms with van der Waals surface area (Å²) in [4.78, 5) is 23.8. The number of benzene rings is 2. The molecule has 0 aliphatic rings. The highest BCUT2D eigenvalue weighted by atomic mass is 127. The minimum atomic E-state index is -4.35. The second-order valence-corrected chi connectivity index (χ2v) is 11.6. The Morgan fingerprint density at radius 2 is 1.04 bits per heavy atom. The predicted octanol–water partition coefficient (Wildman–Crippen LogP) is 9.29. The van der Waals surface area contributed by atoms with Crippen molar-refractivity contribution < 1.29 is 13.2 Å². The molecule has 45 heavy (non-hydrogen) atoms. The molecule has 0 spiro atoms. The van der Waals surface area contributed by atoms with E-state index in [4.69, 9.17) is 0 Å². The number of rotatable bonds is 6. The van der Waals surface area contributed by atoms with Crippen LogP contribution in [0.2, 0.25) is 0 Å². The molecule has 6 rings (SSSR count). The molecule has 230 valence electrons. The van der Waals surface area contributed by atoms with Crippen molar-refractivity contribution in [3.63, 3.8) is 0 Å². The number of hydrogen-bond acceptors (Lipinski definition) is 6. The molecule has 4 heterocycles. The molecule has 6 aromatic rings. The van der Waals surface area contributed by atoms with E-state index >= 15 is 0 Å². The van der Waals surface area contributed by atoms with Gasteiger partial charge in [0, 0.05) is 62.2 Å². The summed E-state index contributed by atoms with van der Waals surface area (Å²) in [5.74, 6) is 0.931. The third kappa shape index (κ3) is 7.87. The number of aryl methyl sites for hydroxylation is 4. The van der Waals surface area contributed by atoms with Gasteiger partial charge in [-0.2, -0.15) is 13.2 Å². The summed E-state index contributed by atoms with van der Waals surface area (Å²) in [6.07, 6.45) is 2.94. The Bertz CT molecular complexity index is 1860. The molecule has 4 aromatic heterocycles. The van der Waals surface area contributed by atoms with Gasteiger partial charge in [-0.1, -0.05) is 0 Å². The van der Waals surface area contributed by atoms with Crippen LogP contribution in [0.4, 0.5) is 36.4 Å². The van der Waals surface area contributed by atoms with Crippen LogP contribution in [0, 0.1) is 31.3 Å². The standard InChI is InChI=1S/C17H15F3N4.C16H15IN4/c1-10-9-22-11(2)15(10)14-7-8-21-16(24-14)23-13-5-3-12(4-6-13)17(18,19)20;1-10-9-19-11(2)15(10)14-7-8-18-16(21-14)20-13-5-3-12(17)4-6-13/h3-9,22H,1-2H3,(H,21,23,24);3-9,19H,1-2H3,(H,18,20,21). The Morgan fingerprint density at radius 3 is 1.42 bits per heavy atom. The second-order valence-electron chi connectivity index (χ2n) is 10.3. The first-order valence-electron chi connectivity index (χ1n) is 13.9. The first kappa shape index (κ1) is 31.7. The van der Waals surface area contributed by atoms with E-state index < -0.39 is 11.7 Å². The van der Waals surface area contributed by atoms with E-state index in [-0.39, 0.29) is 0 Å². The molecule has 0 aliphatic carbocycles. The molecule has 0 bridgehead atoms. The van der Waals surface area contributed by atoms with Crippen LogP contribution in [0.25, 0.3) is 22.5 Å². The topological polar surface area (TPSA) is 107 Å². The van der Waals surface area contributed by atoms with E-state index in [1.165, 1.54) is 21.3 Å². The van der Waals surface area contributed by atoms with E-state index in [0.717, 1.165) is 57.3 Å². The molecule has 0 unspecified atom stereocenters. The third-order valence-corrected chi connectivity index (χ3v) is 7.66. The Labute approximate surface area is 272 Å². The zero-order chi connectivity index (χ0) is 32.1. The first-order valence-corrected chi connectivity index (χ1v) is 15.0. The maximum absolute atomic E-state index is 12.6.